The second-order valence-corrected chi connectivity index (χ2v) is 6.17. The quantitative estimate of drug-likeness (QED) is 0.792. The van der Waals surface area contributed by atoms with Crippen LogP contribution >= 0.6 is 23.2 Å². The van der Waals surface area contributed by atoms with Crippen LogP contribution in [0.15, 0.2) is 48.5 Å². The third kappa shape index (κ3) is 4.65. The Morgan fingerprint density at radius 1 is 1.09 bits per heavy atom. The molecule has 0 unspecified atom stereocenters. The van der Waals surface area contributed by atoms with Crippen LogP contribution in [-0.2, 0) is 6.54 Å². The Bertz CT molecular complexity index is 624. The predicted molar refractivity (Wildman–Crippen MR) is 92.6 cm³/mol. The number of amides is 2. The van der Waals surface area contributed by atoms with E-state index in [-0.39, 0.29) is 12.1 Å². The molecule has 2 amide bonds. The Balaban J connectivity index is 2.13. The monoisotopic (exact) mass is 336 g/mol. The third-order valence-corrected chi connectivity index (χ3v) is 3.63. The molecule has 0 fully saturated rings. The third-order valence-electron chi connectivity index (χ3n) is 3.19. The highest BCUT2D eigenvalue weighted by Crippen LogP contribution is 2.23. The summed E-state index contributed by atoms with van der Waals surface area (Å²) in [6, 6.07) is 14.7. The van der Waals surface area contributed by atoms with E-state index >= 15 is 0 Å². The summed E-state index contributed by atoms with van der Waals surface area (Å²) in [4.78, 5) is 14.3. The molecule has 3 nitrogen and oxygen atoms in total. The largest absolute Gasteiger partial charge is 0.322 e. The van der Waals surface area contributed by atoms with Crippen molar-refractivity contribution in [1.82, 2.24) is 4.90 Å². The molecule has 2 aromatic rings. The maximum atomic E-state index is 12.5. The summed E-state index contributed by atoms with van der Waals surface area (Å²) in [6.07, 6.45) is 0. The van der Waals surface area contributed by atoms with Gasteiger partial charge >= 0.3 is 6.03 Å². The van der Waals surface area contributed by atoms with Crippen LogP contribution in [0.4, 0.5) is 10.5 Å². The summed E-state index contributed by atoms with van der Waals surface area (Å²) in [5.74, 6) is 0. The number of carbonyl (C=O) groups is 1. The van der Waals surface area contributed by atoms with E-state index < -0.39 is 0 Å². The molecule has 0 aromatic heterocycles. The zero-order valence-corrected chi connectivity index (χ0v) is 14.0. The number of rotatable bonds is 4. The minimum atomic E-state index is -0.183. The SMILES string of the molecule is CC(C)N(Cc1ccccc1)C(=O)Nc1cc(Cl)cc(Cl)c1. The lowest BCUT2D eigenvalue weighted by atomic mass is 10.2. The van der Waals surface area contributed by atoms with Gasteiger partial charge in [0, 0.05) is 28.3 Å². The topological polar surface area (TPSA) is 32.3 Å². The number of halogens is 2. The molecule has 0 saturated heterocycles. The van der Waals surface area contributed by atoms with Crippen molar-refractivity contribution in [3.05, 3.63) is 64.1 Å². The molecule has 0 spiro atoms. The number of nitrogens with one attached hydrogen (secondary N) is 1. The lowest BCUT2D eigenvalue weighted by Gasteiger charge is -2.27. The first-order valence-corrected chi connectivity index (χ1v) is 7.79. The highest BCUT2D eigenvalue weighted by Gasteiger charge is 2.17. The van der Waals surface area contributed by atoms with Crippen molar-refractivity contribution in [3.8, 4) is 0 Å². The smallest absolute Gasteiger partial charge is 0.318 e. The molecule has 0 atom stereocenters. The molecule has 2 rings (SSSR count). The number of hydrogen-bond acceptors (Lipinski definition) is 1. The minimum Gasteiger partial charge on any atom is -0.318 e. The Morgan fingerprint density at radius 3 is 2.23 bits per heavy atom. The number of nitrogens with zero attached hydrogens (tertiary/aromatic N) is 1. The molecule has 1 N–H and O–H groups in total. The molecule has 22 heavy (non-hydrogen) atoms. The lowest BCUT2D eigenvalue weighted by Crippen LogP contribution is -2.39. The van der Waals surface area contributed by atoms with Crippen molar-refractivity contribution < 1.29 is 4.79 Å². The zero-order chi connectivity index (χ0) is 16.1. The van der Waals surface area contributed by atoms with Crippen LogP contribution in [0.25, 0.3) is 0 Å². The van der Waals surface area contributed by atoms with E-state index in [1.54, 1.807) is 23.1 Å². The van der Waals surface area contributed by atoms with Crippen LogP contribution in [0.1, 0.15) is 19.4 Å². The van der Waals surface area contributed by atoms with Crippen LogP contribution in [0, 0.1) is 0 Å². The molecule has 0 aliphatic carbocycles. The summed E-state index contributed by atoms with van der Waals surface area (Å²) in [5.41, 5.74) is 1.66. The van der Waals surface area contributed by atoms with Crippen molar-refractivity contribution in [2.75, 3.05) is 5.32 Å². The first kappa shape index (κ1) is 16.7. The number of hydrogen-bond donors (Lipinski definition) is 1. The molecular weight excluding hydrogens is 319 g/mol. The predicted octanol–water partition coefficient (Wildman–Crippen LogP) is 5.44. The highest BCUT2D eigenvalue weighted by atomic mass is 35.5. The van der Waals surface area contributed by atoms with E-state index in [1.807, 2.05) is 44.2 Å². The van der Waals surface area contributed by atoms with Gasteiger partial charge in [0.25, 0.3) is 0 Å². The average Bonchev–Trinajstić information content (AvgIpc) is 2.44. The fourth-order valence-corrected chi connectivity index (χ4v) is 2.62. The Morgan fingerprint density at radius 2 is 1.68 bits per heavy atom. The fourth-order valence-electron chi connectivity index (χ4n) is 2.09. The number of urea groups is 1. The van der Waals surface area contributed by atoms with Crippen LogP contribution in [0.5, 0.6) is 0 Å². The van der Waals surface area contributed by atoms with Gasteiger partial charge in [0.2, 0.25) is 0 Å². The van der Waals surface area contributed by atoms with Gasteiger partial charge in [0.05, 0.1) is 0 Å². The van der Waals surface area contributed by atoms with E-state index in [0.717, 1.165) is 5.56 Å². The number of benzene rings is 2. The standard InChI is InChI=1S/C17H18Cl2N2O/c1-12(2)21(11-13-6-4-3-5-7-13)17(22)20-16-9-14(18)8-15(19)10-16/h3-10,12H,11H2,1-2H3,(H,20,22). The van der Waals surface area contributed by atoms with Gasteiger partial charge in [-0.2, -0.15) is 0 Å². The molecule has 2 aromatic carbocycles. The van der Waals surface area contributed by atoms with E-state index in [9.17, 15) is 4.79 Å². The first-order chi connectivity index (χ1) is 10.5. The summed E-state index contributed by atoms with van der Waals surface area (Å²) in [6.45, 7) is 4.50. The number of anilines is 1. The molecule has 0 saturated carbocycles. The maximum Gasteiger partial charge on any atom is 0.322 e. The second-order valence-electron chi connectivity index (χ2n) is 5.30. The van der Waals surface area contributed by atoms with E-state index in [0.29, 0.717) is 22.3 Å². The van der Waals surface area contributed by atoms with Gasteiger partial charge in [0.1, 0.15) is 0 Å². The van der Waals surface area contributed by atoms with E-state index in [2.05, 4.69) is 5.32 Å². The van der Waals surface area contributed by atoms with E-state index in [4.69, 9.17) is 23.2 Å². The molecule has 0 radical (unpaired) electrons. The second kappa shape index (κ2) is 7.52. The van der Waals surface area contributed by atoms with Crippen molar-refractivity contribution in [2.45, 2.75) is 26.4 Å². The normalized spacial score (nSPS) is 10.6. The first-order valence-electron chi connectivity index (χ1n) is 7.03. The molecule has 5 heteroatoms. The van der Waals surface area contributed by atoms with Crippen LogP contribution in [0.3, 0.4) is 0 Å². The van der Waals surface area contributed by atoms with Crippen molar-refractivity contribution in [3.63, 3.8) is 0 Å². The van der Waals surface area contributed by atoms with E-state index in [1.165, 1.54) is 0 Å². The van der Waals surface area contributed by atoms with Crippen molar-refractivity contribution in [2.24, 2.45) is 0 Å². The summed E-state index contributed by atoms with van der Waals surface area (Å²) in [7, 11) is 0. The van der Waals surface area contributed by atoms with Gasteiger partial charge in [0.15, 0.2) is 0 Å². The summed E-state index contributed by atoms with van der Waals surface area (Å²) < 4.78 is 0. The Kier molecular flexibility index (Phi) is 5.69. The summed E-state index contributed by atoms with van der Waals surface area (Å²) >= 11 is 11.9. The zero-order valence-electron chi connectivity index (χ0n) is 12.5. The molecule has 116 valence electrons. The molecule has 0 heterocycles. The molecular formula is C17H18Cl2N2O. The highest BCUT2D eigenvalue weighted by molar-refractivity contribution is 6.35. The van der Waals surface area contributed by atoms with Gasteiger partial charge in [-0.05, 0) is 37.6 Å². The van der Waals surface area contributed by atoms with Crippen molar-refractivity contribution in [1.29, 1.82) is 0 Å². The van der Waals surface area contributed by atoms with Gasteiger partial charge in [-0.3, -0.25) is 0 Å². The van der Waals surface area contributed by atoms with Crippen LogP contribution < -0.4 is 5.32 Å². The van der Waals surface area contributed by atoms with Gasteiger partial charge in [-0.1, -0.05) is 53.5 Å². The summed E-state index contributed by atoms with van der Waals surface area (Å²) in [5, 5.41) is 3.82. The van der Waals surface area contributed by atoms with Gasteiger partial charge < -0.3 is 10.2 Å². The van der Waals surface area contributed by atoms with Gasteiger partial charge in [-0.25, -0.2) is 4.79 Å². The van der Waals surface area contributed by atoms with Crippen LogP contribution in [-0.4, -0.2) is 17.0 Å². The fraction of sp³-hybridized carbons (Fsp3) is 0.235. The van der Waals surface area contributed by atoms with Crippen molar-refractivity contribution >= 4 is 34.9 Å². The number of carbonyl (C=O) groups excluding carboxylic acids is 1. The maximum absolute atomic E-state index is 12.5. The average molecular weight is 337 g/mol. The Hall–Kier alpha value is -1.71. The lowest BCUT2D eigenvalue weighted by molar-refractivity contribution is 0.193. The molecule has 0 aliphatic rings. The molecule has 0 aliphatic heterocycles. The minimum absolute atomic E-state index is 0.0647. The van der Waals surface area contributed by atoms with Crippen LogP contribution in [0.2, 0.25) is 10.0 Å². The Labute approximate surface area is 140 Å². The van der Waals surface area contributed by atoms with Gasteiger partial charge in [-0.15, -0.1) is 0 Å². The molecule has 0 bridgehead atoms.